The van der Waals surface area contributed by atoms with Crippen molar-refractivity contribution in [3.05, 3.63) is 53.6 Å². The van der Waals surface area contributed by atoms with E-state index >= 15 is 0 Å². The van der Waals surface area contributed by atoms with Crippen LogP contribution in [0.3, 0.4) is 0 Å². The lowest BCUT2D eigenvalue weighted by atomic mass is 10.2. The Hall–Kier alpha value is -2.02. The van der Waals surface area contributed by atoms with E-state index in [1.54, 1.807) is 18.9 Å². The van der Waals surface area contributed by atoms with Gasteiger partial charge in [0, 0.05) is 28.6 Å². The Labute approximate surface area is 167 Å². The van der Waals surface area contributed by atoms with Crippen LogP contribution in [0.4, 0.5) is 0 Å². The van der Waals surface area contributed by atoms with E-state index in [0.29, 0.717) is 5.02 Å². The van der Waals surface area contributed by atoms with Gasteiger partial charge in [-0.1, -0.05) is 23.4 Å². The van der Waals surface area contributed by atoms with Gasteiger partial charge in [0.2, 0.25) is 0 Å². The molecule has 4 rings (SSSR count). The zero-order valence-corrected chi connectivity index (χ0v) is 16.5. The summed E-state index contributed by atoms with van der Waals surface area (Å²) in [4.78, 5) is 0. The fourth-order valence-electron chi connectivity index (χ4n) is 3.06. The summed E-state index contributed by atoms with van der Waals surface area (Å²) in [6.45, 7) is 0.853. The van der Waals surface area contributed by atoms with Gasteiger partial charge in [0.15, 0.2) is 11.0 Å². The second-order valence-electron chi connectivity index (χ2n) is 6.29. The van der Waals surface area contributed by atoms with Crippen molar-refractivity contribution in [3.8, 4) is 22.8 Å². The summed E-state index contributed by atoms with van der Waals surface area (Å²) in [6.07, 6.45) is 2.52. The van der Waals surface area contributed by atoms with Gasteiger partial charge in [-0.25, -0.2) is 0 Å². The molecule has 0 radical (unpaired) electrons. The first kappa shape index (κ1) is 18.3. The van der Waals surface area contributed by atoms with Crippen molar-refractivity contribution in [2.75, 3.05) is 19.5 Å². The maximum absolute atomic E-state index is 6.07. The molecule has 0 amide bonds. The fraction of sp³-hybridized carbons (Fsp3) is 0.300. The van der Waals surface area contributed by atoms with Crippen molar-refractivity contribution < 1.29 is 9.47 Å². The van der Waals surface area contributed by atoms with Crippen molar-refractivity contribution >= 4 is 23.4 Å². The number of hydrogen-bond donors (Lipinski definition) is 0. The van der Waals surface area contributed by atoms with E-state index in [4.69, 9.17) is 21.1 Å². The van der Waals surface area contributed by atoms with Crippen LogP contribution in [0, 0.1) is 0 Å². The largest absolute Gasteiger partial charge is 0.497 e. The summed E-state index contributed by atoms with van der Waals surface area (Å²) in [6, 6.07) is 15.6. The van der Waals surface area contributed by atoms with Gasteiger partial charge < -0.3 is 9.47 Å². The molecule has 0 N–H and O–H groups in total. The number of benzene rings is 2. The minimum Gasteiger partial charge on any atom is -0.497 e. The SMILES string of the molecule is COc1ccc(-c2nnc(SCC3CCCO3)n2-c2ccc(Cl)cc2)cc1. The maximum Gasteiger partial charge on any atom is 0.196 e. The lowest BCUT2D eigenvalue weighted by Gasteiger charge is -2.12. The van der Waals surface area contributed by atoms with Crippen LogP contribution in [-0.2, 0) is 4.74 Å². The third-order valence-corrected chi connectivity index (χ3v) is 5.80. The third kappa shape index (κ3) is 4.13. The molecule has 2 aromatic carbocycles. The van der Waals surface area contributed by atoms with Crippen LogP contribution in [0.5, 0.6) is 5.75 Å². The predicted octanol–water partition coefficient (Wildman–Crippen LogP) is 4.87. The molecule has 1 atom stereocenters. The van der Waals surface area contributed by atoms with Crippen LogP contribution >= 0.6 is 23.4 Å². The molecule has 3 aromatic rings. The molecule has 0 bridgehead atoms. The standard InChI is InChI=1S/C20H20ClN3O2S/c1-25-17-10-4-14(5-11-17)19-22-23-20(27-13-18-3-2-12-26-18)24(19)16-8-6-15(21)7-9-16/h4-11,18H,2-3,12-13H2,1H3. The van der Waals surface area contributed by atoms with Crippen LogP contribution in [-0.4, -0.2) is 40.3 Å². The van der Waals surface area contributed by atoms with E-state index in [0.717, 1.165) is 53.2 Å². The van der Waals surface area contributed by atoms with Crippen LogP contribution < -0.4 is 4.74 Å². The Morgan fingerprint density at radius 3 is 2.59 bits per heavy atom. The molecule has 0 saturated carbocycles. The maximum atomic E-state index is 6.07. The summed E-state index contributed by atoms with van der Waals surface area (Å²) in [5.41, 5.74) is 1.95. The van der Waals surface area contributed by atoms with Crippen LogP contribution in [0.25, 0.3) is 17.1 Å². The number of aromatic nitrogens is 3. The lowest BCUT2D eigenvalue weighted by molar-refractivity contribution is 0.129. The molecule has 0 spiro atoms. The molecule has 0 aliphatic carbocycles. The van der Waals surface area contributed by atoms with E-state index in [9.17, 15) is 0 Å². The Morgan fingerprint density at radius 1 is 1.15 bits per heavy atom. The quantitative estimate of drug-likeness (QED) is 0.551. The van der Waals surface area contributed by atoms with Gasteiger partial charge in [0.1, 0.15) is 5.75 Å². The zero-order valence-electron chi connectivity index (χ0n) is 15.0. The number of rotatable bonds is 6. The highest BCUT2D eigenvalue weighted by atomic mass is 35.5. The summed E-state index contributed by atoms with van der Waals surface area (Å²) < 4.78 is 13.1. The Morgan fingerprint density at radius 2 is 1.93 bits per heavy atom. The van der Waals surface area contributed by atoms with Crippen molar-refractivity contribution in [2.45, 2.75) is 24.1 Å². The normalized spacial score (nSPS) is 16.6. The highest BCUT2D eigenvalue weighted by Crippen LogP contribution is 2.31. The minimum absolute atomic E-state index is 0.287. The van der Waals surface area contributed by atoms with Crippen molar-refractivity contribution in [2.24, 2.45) is 0 Å². The van der Waals surface area contributed by atoms with E-state index in [2.05, 4.69) is 14.8 Å². The fourth-order valence-corrected chi connectivity index (χ4v) is 4.20. The van der Waals surface area contributed by atoms with Crippen LogP contribution in [0.1, 0.15) is 12.8 Å². The van der Waals surface area contributed by atoms with Gasteiger partial charge in [-0.3, -0.25) is 4.57 Å². The molecule has 1 aliphatic heterocycles. The highest BCUT2D eigenvalue weighted by molar-refractivity contribution is 7.99. The molecule has 2 heterocycles. The summed E-state index contributed by atoms with van der Waals surface area (Å²) in [7, 11) is 1.66. The van der Waals surface area contributed by atoms with Crippen molar-refractivity contribution in [1.29, 1.82) is 0 Å². The summed E-state index contributed by atoms with van der Waals surface area (Å²) >= 11 is 7.75. The van der Waals surface area contributed by atoms with Crippen LogP contribution in [0.2, 0.25) is 5.02 Å². The van der Waals surface area contributed by atoms with Gasteiger partial charge in [-0.15, -0.1) is 10.2 Å². The smallest absolute Gasteiger partial charge is 0.196 e. The molecular weight excluding hydrogens is 382 g/mol. The molecule has 5 nitrogen and oxygen atoms in total. The average molecular weight is 402 g/mol. The molecule has 1 aliphatic rings. The second kappa shape index (κ2) is 8.33. The zero-order chi connectivity index (χ0) is 18.6. The minimum atomic E-state index is 0.287. The first-order valence-electron chi connectivity index (χ1n) is 8.85. The molecular formula is C20H20ClN3O2S. The van der Waals surface area contributed by atoms with Gasteiger partial charge in [0.05, 0.1) is 13.2 Å². The number of methoxy groups -OCH3 is 1. The number of hydrogen-bond acceptors (Lipinski definition) is 5. The molecule has 1 unspecified atom stereocenters. The van der Waals surface area contributed by atoms with Crippen molar-refractivity contribution in [3.63, 3.8) is 0 Å². The average Bonchev–Trinajstić information content (AvgIpc) is 3.37. The lowest BCUT2D eigenvalue weighted by Crippen LogP contribution is -2.09. The molecule has 1 aromatic heterocycles. The monoisotopic (exact) mass is 401 g/mol. The van der Waals surface area contributed by atoms with E-state index in [1.165, 1.54) is 0 Å². The third-order valence-electron chi connectivity index (χ3n) is 4.49. The van der Waals surface area contributed by atoms with E-state index < -0.39 is 0 Å². The van der Waals surface area contributed by atoms with Crippen molar-refractivity contribution in [1.82, 2.24) is 14.8 Å². The number of halogens is 1. The van der Waals surface area contributed by atoms with Gasteiger partial charge in [-0.2, -0.15) is 0 Å². The van der Waals surface area contributed by atoms with Gasteiger partial charge in [0.25, 0.3) is 0 Å². The molecule has 1 saturated heterocycles. The molecule has 140 valence electrons. The molecule has 7 heteroatoms. The number of nitrogens with zero attached hydrogens (tertiary/aromatic N) is 3. The van der Waals surface area contributed by atoms with Crippen LogP contribution in [0.15, 0.2) is 53.7 Å². The topological polar surface area (TPSA) is 49.2 Å². The first-order chi connectivity index (χ1) is 13.2. The Balaban J connectivity index is 1.70. The van der Waals surface area contributed by atoms with Gasteiger partial charge in [-0.05, 0) is 61.4 Å². The highest BCUT2D eigenvalue weighted by Gasteiger charge is 2.20. The predicted molar refractivity (Wildman–Crippen MR) is 108 cm³/mol. The van der Waals surface area contributed by atoms with Gasteiger partial charge >= 0.3 is 0 Å². The Kier molecular flexibility index (Phi) is 5.66. The van der Waals surface area contributed by atoms with E-state index in [-0.39, 0.29) is 6.10 Å². The number of ether oxygens (including phenoxy) is 2. The molecule has 27 heavy (non-hydrogen) atoms. The summed E-state index contributed by atoms with van der Waals surface area (Å²) in [5, 5.41) is 10.5. The van der Waals surface area contributed by atoms with E-state index in [1.807, 2.05) is 48.5 Å². The number of thioether (sulfide) groups is 1. The second-order valence-corrected chi connectivity index (χ2v) is 7.72. The summed E-state index contributed by atoms with van der Waals surface area (Å²) in [5.74, 6) is 2.47. The Bertz CT molecular complexity index is 891. The first-order valence-corrected chi connectivity index (χ1v) is 10.2. The molecule has 1 fully saturated rings.